The van der Waals surface area contributed by atoms with E-state index in [-0.39, 0.29) is 5.92 Å². The molecule has 5 heterocycles. The number of furan rings is 1. The minimum atomic E-state index is 0.0498. The lowest BCUT2D eigenvalue weighted by atomic mass is 9.92. The van der Waals surface area contributed by atoms with Gasteiger partial charge in [0.05, 0.1) is 39.2 Å². The van der Waals surface area contributed by atoms with Crippen LogP contribution in [0, 0.1) is 5.92 Å². The first-order chi connectivity index (χ1) is 35.1. The molecule has 0 bridgehead atoms. The number of fused-ring (bicyclic) bond motifs is 13. The predicted molar refractivity (Wildman–Crippen MR) is 301 cm³/mol. The molecule has 1 aliphatic rings. The van der Waals surface area contributed by atoms with Crippen molar-refractivity contribution in [2.75, 3.05) is 0 Å². The van der Waals surface area contributed by atoms with Crippen LogP contribution in [0.5, 0.6) is 0 Å². The van der Waals surface area contributed by atoms with Gasteiger partial charge in [0.15, 0.2) is 11.4 Å². The molecule has 0 amide bonds. The Hall–Kier alpha value is -8.84. The van der Waals surface area contributed by atoms with Gasteiger partial charge in [-0.2, -0.15) is 0 Å². The van der Waals surface area contributed by atoms with E-state index in [1.54, 1.807) is 0 Å². The van der Waals surface area contributed by atoms with Gasteiger partial charge >= 0.3 is 0 Å². The van der Waals surface area contributed by atoms with E-state index in [1.807, 2.05) is 11.3 Å². The minimum absolute atomic E-state index is 0.0498. The molecular formula is C65H42N4OS. The van der Waals surface area contributed by atoms with E-state index < -0.39 is 0 Å². The Labute approximate surface area is 412 Å². The highest BCUT2D eigenvalue weighted by Crippen LogP contribution is 2.44. The molecule has 71 heavy (non-hydrogen) atoms. The van der Waals surface area contributed by atoms with Crippen molar-refractivity contribution in [3.8, 4) is 11.4 Å². The smallest absolute Gasteiger partial charge is 0.160 e. The number of para-hydroxylation sites is 5. The number of nitrogens with zero attached hydrogens (tertiary/aromatic N) is 4. The zero-order chi connectivity index (χ0) is 46.7. The van der Waals surface area contributed by atoms with Gasteiger partial charge in [-0.05, 0) is 77.9 Å². The Morgan fingerprint density at radius 3 is 1.97 bits per heavy atom. The largest absolute Gasteiger partial charge is 0.454 e. The summed E-state index contributed by atoms with van der Waals surface area (Å²) in [7, 11) is 0. The van der Waals surface area contributed by atoms with Crippen LogP contribution in [-0.2, 0) is 0 Å². The average molecular weight is 927 g/mol. The quantitative estimate of drug-likeness (QED) is 0.170. The van der Waals surface area contributed by atoms with Crippen LogP contribution in [0.15, 0.2) is 233 Å². The number of aromatic nitrogens is 2. The number of allylic oxidation sites excluding steroid dienone is 1. The maximum atomic E-state index is 7.13. The molecule has 0 saturated carbocycles. The average Bonchev–Trinajstić information content (AvgIpc) is 4.18. The van der Waals surface area contributed by atoms with E-state index in [0.717, 1.165) is 89.9 Å². The van der Waals surface area contributed by atoms with Crippen molar-refractivity contribution in [2.24, 2.45) is 15.9 Å². The Bertz CT molecular complexity index is 4630. The van der Waals surface area contributed by atoms with Crippen LogP contribution < -0.4 is 0 Å². The Morgan fingerprint density at radius 2 is 1.14 bits per heavy atom. The summed E-state index contributed by atoms with van der Waals surface area (Å²) in [5, 5.41) is 11.7. The van der Waals surface area contributed by atoms with Crippen molar-refractivity contribution in [2.45, 2.75) is 13.3 Å². The predicted octanol–water partition coefficient (Wildman–Crippen LogP) is 17.6. The molecule has 0 radical (unpaired) electrons. The molecule has 1 atom stereocenters. The monoisotopic (exact) mass is 926 g/mol. The first-order valence-corrected chi connectivity index (χ1v) is 25.2. The summed E-state index contributed by atoms with van der Waals surface area (Å²) in [6, 6.07) is 76.4. The molecule has 15 rings (SSSR count). The third-order valence-electron chi connectivity index (χ3n) is 14.8. The van der Waals surface area contributed by atoms with Gasteiger partial charge in [-0.15, -0.1) is 11.3 Å². The van der Waals surface area contributed by atoms with Gasteiger partial charge in [-0.3, -0.25) is 0 Å². The zero-order valence-corrected chi connectivity index (χ0v) is 39.5. The lowest BCUT2D eigenvalue weighted by molar-refractivity contribution is 0.666. The molecule has 0 saturated heterocycles. The van der Waals surface area contributed by atoms with E-state index >= 15 is 0 Å². The lowest BCUT2D eigenvalue weighted by Gasteiger charge is -2.20. The molecule has 10 aromatic carbocycles. The van der Waals surface area contributed by atoms with Crippen molar-refractivity contribution in [3.63, 3.8) is 0 Å². The third-order valence-corrected chi connectivity index (χ3v) is 16.0. The molecule has 0 spiro atoms. The zero-order valence-electron chi connectivity index (χ0n) is 38.7. The molecule has 0 aliphatic carbocycles. The number of amidine groups is 1. The van der Waals surface area contributed by atoms with Crippen LogP contribution in [0.4, 0.5) is 0 Å². The number of rotatable bonds is 5. The van der Waals surface area contributed by atoms with E-state index in [1.165, 1.54) is 52.5 Å². The second-order valence-electron chi connectivity index (χ2n) is 18.8. The Morgan fingerprint density at radius 1 is 0.493 bits per heavy atom. The van der Waals surface area contributed by atoms with Crippen molar-refractivity contribution in [1.29, 1.82) is 0 Å². The van der Waals surface area contributed by atoms with E-state index in [2.05, 4.69) is 234 Å². The summed E-state index contributed by atoms with van der Waals surface area (Å²) >= 11 is 1.85. The van der Waals surface area contributed by atoms with Crippen LogP contribution in [0.3, 0.4) is 0 Å². The number of benzene rings is 10. The topological polar surface area (TPSA) is 47.7 Å². The van der Waals surface area contributed by atoms with Crippen molar-refractivity contribution in [3.05, 3.63) is 235 Å². The number of hydrogen-bond donors (Lipinski definition) is 0. The summed E-state index contributed by atoms with van der Waals surface area (Å²) in [6.07, 6.45) is 3.10. The fourth-order valence-corrected chi connectivity index (χ4v) is 12.8. The van der Waals surface area contributed by atoms with Crippen LogP contribution in [0.2, 0.25) is 0 Å². The SMILES string of the molecule is CC1C/C=C(\c2cccc3c4ccccc4n(-c4ccccc4)c23)N=C(c2ccc(-n3c4ccccc4c4cc5ccccc5cc43)c3oc4ccccc4c23)N=C1c1cccc2c1sc1ccccc12. The standard InChI is InChI=1S/C65H42N4OS/c1-39-33-35-53(48-27-15-25-46-43-21-7-11-29-54(43)68(62(46)48)42-19-3-2-4-20-42)66-65(67-61(39)51-28-16-26-47-45-23-10-14-32-59(45)71-64(47)51)50-34-36-56(63-60(50)49-24-9-13-31-58(49)70-63)69-55-30-12-8-22-44(55)52-37-40-17-5-6-18-41(40)38-57(52)69/h2-32,34-39H,33H2,1H3/b53-35+,66-65?,67-61?. The lowest BCUT2D eigenvalue weighted by Crippen LogP contribution is -2.17. The normalized spacial score (nSPS) is 15.3. The first kappa shape index (κ1) is 40.1. The Balaban J connectivity index is 1.04. The summed E-state index contributed by atoms with van der Waals surface area (Å²) in [5.41, 5.74) is 13.2. The van der Waals surface area contributed by atoms with Crippen LogP contribution in [0.25, 0.3) is 114 Å². The molecule has 0 N–H and O–H groups in total. The van der Waals surface area contributed by atoms with Crippen molar-refractivity contribution >= 4 is 125 Å². The highest BCUT2D eigenvalue weighted by Gasteiger charge is 2.27. The van der Waals surface area contributed by atoms with E-state index in [9.17, 15) is 0 Å². The van der Waals surface area contributed by atoms with Gasteiger partial charge in [0.25, 0.3) is 0 Å². The fourth-order valence-electron chi connectivity index (χ4n) is 11.5. The molecule has 5 nitrogen and oxygen atoms in total. The molecule has 6 heteroatoms. The molecule has 334 valence electrons. The van der Waals surface area contributed by atoms with E-state index in [0.29, 0.717) is 5.84 Å². The minimum Gasteiger partial charge on any atom is -0.454 e. The first-order valence-electron chi connectivity index (χ1n) is 24.4. The Kier molecular flexibility index (Phi) is 8.80. The molecule has 1 aliphatic heterocycles. The van der Waals surface area contributed by atoms with Crippen LogP contribution in [-0.4, -0.2) is 20.7 Å². The van der Waals surface area contributed by atoms with Gasteiger partial charge in [0.2, 0.25) is 0 Å². The second kappa shape index (κ2) is 15.6. The van der Waals surface area contributed by atoms with Gasteiger partial charge in [-0.1, -0.05) is 165 Å². The molecule has 0 fully saturated rings. The van der Waals surface area contributed by atoms with Crippen molar-refractivity contribution in [1.82, 2.24) is 9.13 Å². The summed E-state index contributed by atoms with van der Waals surface area (Å²) < 4.78 is 14.4. The van der Waals surface area contributed by atoms with E-state index in [4.69, 9.17) is 14.4 Å². The summed E-state index contributed by atoms with van der Waals surface area (Å²) in [6.45, 7) is 2.32. The molecule has 14 aromatic rings. The second-order valence-corrected chi connectivity index (χ2v) is 19.9. The number of aliphatic imine (C=N–C) groups is 2. The van der Waals surface area contributed by atoms with Gasteiger partial charge < -0.3 is 13.6 Å². The van der Waals surface area contributed by atoms with Crippen LogP contribution >= 0.6 is 11.3 Å². The third kappa shape index (κ3) is 6.05. The number of thiophene rings is 1. The maximum absolute atomic E-state index is 7.13. The summed E-state index contributed by atoms with van der Waals surface area (Å²) in [4.78, 5) is 11.8. The van der Waals surface area contributed by atoms with Crippen LogP contribution in [0.1, 0.15) is 30.0 Å². The number of hydrogen-bond acceptors (Lipinski definition) is 4. The van der Waals surface area contributed by atoms with Crippen molar-refractivity contribution < 1.29 is 4.42 Å². The van der Waals surface area contributed by atoms with Gasteiger partial charge in [0.1, 0.15) is 5.58 Å². The maximum Gasteiger partial charge on any atom is 0.160 e. The van der Waals surface area contributed by atoms with Gasteiger partial charge in [-0.25, -0.2) is 9.98 Å². The highest BCUT2D eigenvalue weighted by molar-refractivity contribution is 7.26. The summed E-state index contributed by atoms with van der Waals surface area (Å²) in [5.74, 6) is 0.695. The van der Waals surface area contributed by atoms with Gasteiger partial charge in [0, 0.05) is 80.8 Å². The highest BCUT2D eigenvalue weighted by atomic mass is 32.1. The molecule has 4 aromatic heterocycles. The molecule has 1 unspecified atom stereocenters. The fraction of sp³-hybridized carbons (Fsp3) is 0.0462. The molecular weight excluding hydrogens is 885 g/mol.